The number of rotatable bonds is 12. The fourth-order valence-corrected chi connectivity index (χ4v) is 3.28. The van der Waals surface area contributed by atoms with Gasteiger partial charge in [-0.05, 0) is 45.2 Å². The molecule has 2 rings (SSSR count). The van der Waals surface area contributed by atoms with Gasteiger partial charge in [0.15, 0.2) is 7.23 Å². The van der Waals surface area contributed by atoms with Gasteiger partial charge in [0.2, 0.25) is 5.91 Å². The SMILES string of the molecule is [2H]N(C(=O)c1cnn(-c2ccccn2)c1C)[C@H](C(=O)N[C@@H](CCC(=O)OCC)C(=O)OCC)C(C)C. The third-order valence-electron chi connectivity index (χ3n) is 5.09. The number of esters is 2. The molecular weight excluding hydrogens is 454 g/mol. The van der Waals surface area contributed by atoms with Crippen LogP contribution in [0, 0.1) is 12.8 Å². The van der Waals surface area contributed by atoms with E-state index in [-0.39, 0.29) is 31.6 Å². The lowest BCUT2D eigenvalue weighted by atomic mass is 10.0. The van der Waals surface area contributed by atoms with E-state index in [0.717, 1.165) is 0 Å². The minimum absolute atomic E-state index is 0.0455. The molecule has 0 fully saturated rings. The summed E-state index contributed by atoms with van der Waals surface area (Å²) in [6.07, 6.45) is 2.76. The molecule has 2 aromatic rings. The number of aromatic nitrogens is 3. The number of ether oxygens (including phenoxy) is 2. The van der Waals surface area contributed by atoms with Crippen LogP contribution in [0.25, 0.3) is 5.82 Å². The van der Waals surface area contributed by atoms with Crippen LogP contribution < -0.4 is 10.6 Å². The van der Waals surface area contributed by atoms with Crippen LogP contribution in [-0.2, 0) is 23.9 Å². The summed E-state index contributed by atoms with van der Waals surface area (Å²) in [5.41, 5.74) is 0.594. The minimum Gasteiger partial charge on any atom is -0.466 e. The van der Waals surface area contributed by atoms with Gasteiger partial charge < -0.3 is 20.1 Å². The summed E-state index contributed by atoms with van der Waals surface area (Å²) in [5.74, 6) is -2.65. The van der Waals surface area contributed by atoms with Crippen LogP contribution in [0.5, 0.6) is 0 Å². The summed E-state index contributed by atoms with van der Waals surface area (Å²) in [6.45, 7) is 8.59. The van der Waals surface area contributed by atoms with Gasteiger partial charge >= 0.3 is 11.9 Å². The average molecular weight is 489 g/mol. The molecule has 0 spiro atoms. The van der Waals surface area contributed by atoms with Gasteiger partial charge in [0.1, 0.15) is 12.1 Å². The normalized spacial score (nSPS) is 12.9. The molecule has 0 aliphatic rings. The second-order valence-electron chi connectivity index (χ2n) is 8.02. The van der Waals surface area contributed by atoms with Gasteiger partial charge in [-0.2, -0.15) is 5.10 Å². The monoisotopic (exact) mass is 488 g/mol. The summed E-state index contributed by atoms with van der Waals surface area (Å²) in [7, 11) is 0. The van der Waals surface area contributed by atoms with Gasteiger partial charge in [0, 0.05) is 12.6 Å². The molecular formula is C24H33N5O6. The number of nitrogens with one attached hydrogen (secondary N) is 2. The topological polar surface area (TPSA) is 142 Å². The third-order valence-corrected chi connectivity index (χ3v) is 5.09. The molecule has 11 nitrogen and oxygen atoms in total. The molecule has 0 unspecified atom stereocenters. The molecule has 2 amide bonds. The smallest absolute Gasteiger partial charge is 0.328 e. The quantitative estimate of drug-likeness (QED) is 0.430. The number of hydrogen-bond donors (Lipinski definition) is 2. The van der Waals surface area contributed by atoms with E-state index >= 15 is 0 Å². The van der Waals surface area contributed by atoms with Crippen molar-refractivity contribution in [3.63, 3.8) is 0 Å². The molecule has 11 heteroatoms. The van der Waals surface area contributed by atoms with E-state index in [4.69, 9.17) is 10.9 Å². The lowest BCUT2D eigenvalue weighted by molar-refractivity contribution is -0.149. The summed E-state index contributed by atoms with van der Waals surface area (Å²) in [5, 5.41) is 7.34. The van der Waals surface area contributed by atoms with E-state index in [2.05, 4.69) is 15.4 Å². The van der Waals surface area contributed by atoms with E-state index in [9.17, 15) is 19.2 Å². The Bertz CT molecular complexity index is 1060. The lowest BCUT2D eigenvalue weighted by Gasteiger charge is -2.24. The van der Waals surface area contributed by atoms with E-state index in [1.165, 1.54) is 10.9 Å². The molecule has 35 heavy (non-hydrogen) atoms. The molecule has 2 aromatic heterocycles. The predicted molar refractivity (Wildman–Crippen MR) is 127 cm³/mol. The Morgan fingerprint density at radius 1 is 1.14 bits per heavy atom. The van der Waals surface area contributed by atoms with E-state index in [1.54, 1.807) is 59.0 Å². The van der Waals surface area contributed by atoms with Gasteiger partial charge in [0.05, 0.1) is 30.7 Å². The van der Waals surface area contributed by atoms with Gasteiger partial charge in [-0.1, -0.05) is 19.9 Å². The van der Waals surface area contributed by atoms with Crippen LogP contribution >= 0.6 is 0 Å². The summed E-state index contributed by atoms with van der Waals surface area (Å²) >= 11 is 0. The Morgan fingerprint density at radius 3 is 2.46 bits per heavy atom. The van der Waals surface area contributed by atoms with E-state index < -0.39 is 41.8 Å². The molecule has 2 atom stereocenters. The summed E-state index contributed by atoms with van der Waals surface area (Å²) < 4.78 is 19.9. The number of hydrogen-bond acceptors (Lipinski definition) is 8. The molecule has 190 valence electrons. The predicted octanol–water partition coefficient (Wildman–Crippen LogP) is 1.72. The molecule has 0 radical (unpaired) electrons. The Hall–Kier alpha value is -3.76. The zero-order chi connectivity index (χ0) is 26.8. The highest BCUT2D eigenvalue weighted by Crippen LogP contribution is 2.14. The second-order valence-corrected chi connectivity index (χ2v) is 8.02. The highest BCUT2D eigenvalue weighted by Gasteiger charge is 2.31. The van der Waals surface area contributed by atoms with Gasteiger partial charge in [-0.25, -0.2) is 14.5 Å². The average Bonchev–Trinajstić information content (AvgIpc) is 3.23. The molecule has 2 heterocycles. The summed E-state index contributed by atoms with van der Waals surface area (Å²) in [6, 6.07) is 2.89. The lowest BCUT2D eigenvalue weighted by Crippen LogP contribution is -2.54. The number of nitrogens with zero attached hydrogens (tertiary/aromatic N) is 3. The second kappa shape index (κ2) is 13.2. The Balaban J connectivity index is 2.22. The van der Waals surface area contributed by atoms with Crippen LogP contribution in [0.1, 0.15) is 56.6 Å². The first-order chi connectivity index (χ1) is 17.1. The van der Waals surface area contributed by atoms with Crippen molar-refractivity contribution in [1.82, 2.24) is 25.4 Å². The maximum absolute atomic E-state index is 13.2. The van der Waals surface area contributed by atoms with Crippen molar-refractivity contribution in [3.8, 4) is 5.82 Å². The highest BCUT2D eigenvalue weighted by atomic mass is 16.5. The van der Waals surface area contributed by atoms with Crippen LogP contribution in [0.2, 0.25) is 1.41 Å². The largest absolute Gasteiger partial charge is 0.466 e. The third kappa shape index (κ3) is 7.62. The standard InChI is InChI=1S/C24H33N5O6/c1-6-34-20(30)12-11-18(24(33)35-7-2)27-23(32)21(15(3)4)28-22(31)17-14-26-29(16(17)5)19-10-8-9-13-25-19/h8-10,13-15,18,21H,6-7,11-12H2,1-5H3,(H,27,32)(H,28,31)/t18-,21-/m0/s1/i/hD. The maximum atomic E-state index is 13.2. The fourth-order valence-electron chi connectivity index (χ4n) is 3.28. The number of carbonyl (C=O) groups excluding carboxylic acids is 4. The van der Waals surface area contributed by atoms with Crippen molar-refractivity contribution in [3.05, 3.63) is 41.9 Å². The van der Waals surface area contributed by atoms with Crippen LogP contribution in [0.15, 0.2) is 30.6 Å². The number of pyridine rings is 1. The van der Waals surface area contributed by atoms with Gasteiger partial charge in [-0.15, -0.1) is 0 Å². The van der Waals surface area contributed by atoms with Crippen LogP contribution in [0.4, 0.5) is 0 Å². The van der Waals surface area contributed by atoms with E-state index in [1.807, 2.05) is 0 Å². The van der Waals surface area contributed by atoms with Crippen LogP contribution in [-0.4, -0.2) is 63.8 Å². The van der Waals surface area contributed by atoms with Gasteiger partial charge in [0.25, 0.3) is 5.91 Å². The first-order valence-electron chi connectivity index (χ1n) is 12.0. The highest BCUT2D eigenvalue weighted by molar-refractivity contribution is 5.99. The van der Waals surface area contributed by atoms with E-state index in [0.29, 0.717) is 16.8 Å². The van der Waals surface area contributed by atoms with Crippen molar-refractivity contribution < 1.29 is 30.1 Å². The van der Waals surface area contributed by atoms with Crippen molar-refractivity contribution in [2.75, 3.05) is 13.2 Å². The molecule has 0 aliphatic carbocycles. The van der Waals surface area contributed by atoms with Crippen molar-refractivity contribution in [2.45, 2.75) is 59.5 Å². The molecule has 0 bridgehead atoms. The zero-order valence-corrected chi connectivity index (χ0v) is 20.7. The Kier molecular flexibility index (Phi) is 9.76. The minimum atomic E-state index is -1.23. The fraction of sp³-hybridized carbons (Fsp3) is 0.500. The van der Waals surface area contributed by atoms with Crippen LogP contribution in [0.3, 0.4) is 0 Å². The number of carbonyl (C=O) groups is 4. The molecule has 0 aromatic carbocycles. The van der Waals surface area contributed by atoms with Crippen molar-refractivity contribution >= 4 is 23.8 Å². The maximum Gasteiger partial charge on any atom is 0.328 e. The first kappa shape index (κ1) is 25.9. The van der Waals surface area contributed by atoms with Gasteiger partial charge in [-0.3, -0.25) is 14.4 Å². The van der Waals surface area contributed by atoms with Crippen molar-refractivity contribution in [1.29, 1.82) is 0 Å². The molecule has 0 saturated heterocycles. The summed E-state index contributed by atoms with van der Waals surface area (Å²) in [4.78, 5) is 54.8. The Labute approximate surface area is 206 Å². The Morgan fingerprint density at radius 2 is 1.86 bits per heavy atom. The molecule has 0 saturated carbocycles. The molecule has 0 aliphatic heterocycles. The zero-order valence-electron chi connectivity index (χ0n) is 21.7. The molecule has 2 N–H and O–H groups in total. The number of amides is 2. The van der Waals surface area contributed by atoms with Crippen molar-refractivity contribution in [2.24, 2.45) is 5.92 Å². The first-order valence-corrected chi connectivity index (χ1v) is 11.5.